The Morgan fingerprint density at radius 3 is 2.39 bits per heavy atom. The van der Waals surface area contributed by atoms with Gasteiger partial charge < -0.3 is 46.9 Å². The van der Waals surface area contributed by atoms with Crippen LogP contribution >= 0.6 is 21.6 Å². The topological polar surface area (TPSA) is 303 Å². The molecule has 0 radical (unpaired) electrons. The third kappa shape index (κ3) is 14.5. The number of aromatic nitrogens is 6. The second kappa shape index (κ2) is 26.3. The van der Waals surface area contributed by atoms with E-state index in [1.54, 1.807) is 87.1 Å². The number of fused-ring (bicyclic) bond motifs is 1. The first-order valence-electron chi connectivity index (χ1n) is 27.0. The maximum absolute atomic E-state index is 14.2. The molecule has 2 fully saturated rings. The van der Waals surface area contributed by atoms with Crippen molar-refractivity contribution in [3.63, 3.8) is 0 Å². The van der Waals surface area contributed by atoms with Crippen LogP contribution in [0.5, 0.6) is 5.75 Å². The molecule has 8 N–H and O–H groups in total. The fraction of sp³-hybridized carbons (Fsp3) is 0.368. The maximum Gasteiger partial charge on any atom is 0.255 e. The number of benzene rings is 2. The Morgan fingerprint density at radius 2 is 1.67 bits per heavy atom. The number of imide groups is 1. The van der Waals surface area contributed by atoms with E-state index in [0.29, 0.717) is 110 Å². The number of ether oxygens (including phenoxy) is 1. The Balaban J connectivity index is 0.824. The highest BCUT2D eigenvalue weighted by Gasteiger charge is 2.41. The highest BCUT2D eigenvalue weighted by Crippen LogP contribution is 2.42. The molecule has 82 heavy (non-hydrogen) atoms. The molecule has 6 aromatic rings. The number of pyridine rings is 3. The number of piperidine rings is 2. The van der Waals surface area contributed by atoms with Gasteiger partial charge in [0.1, 0.15) is 35.1 Å². The van der Waals surface area contributed by atoms with Gasteiger partial charge in [0.2, 0.25) is 23.6 Å². The van der Waals surface area contributed by atoms with Crippen LogP contribution < -0.4 is 47.3 Å². The summed E-state index contributed by atoms with van der Waals surface area (Å²) in [6.45, 7) is 6.00. The van der Waals surface area contributed by atoms with Gasteiger partial charge >= 0.3 is 0 Å². The average molecular weight is 1150 g/mol. The van der Waals surface area contributed by atoms with Crippen molar-refractivity contribution in [2.45, 2.75) is 106 Å². The lowest BCUT2D eigenvalue weighted by Crippen LogP contribution is -2.52. The van der Waals surface area contributed by atoms with Crippen LogP contribution in [0.4, 0.5) is 28.7 Å². The Kier molecular flexibility index (Phi) is 18.7. The van der Waals surface area contributed by atoms with E-state index in [-0.39, 0.29) is 64.9 Å². The van der Waals surface area contributed by atoms with E-state index in [4.69, 9.17) is 10.5 Å². The molecule has 7 heterocycles. The third-order valence-electron chi connectivity index (χ3n) is 14.3. The van der Waals surface area contributed by atoms with E-state index >= 15 is 0 Å². The summed E-state index contributed by atoms with van der Waals surface area (Å²) in [5.41, 5.74) is 9.77. The molecule has 7 amide bonds. The summed E-state index contributed by atoms with van der Waals surface area (Å²) in [6, 6.07) is 19.6. The van der Waals surface area contributed by atoms with Crippen molar-refractivity contribution in [2.75, 3.05) is 42.3 Å². The molecule has 9 rings (SSSR count). The van der Waals surface area contributed by atoms with Crippen molar-refractivity contribution in [3.8, 4) is 17.1 Å². The first-order chi connectivity index (χ1) is 39.5. The predicted molar refractivity (Wildman–Crippen MR) is 312 cm³/mol. The Morgan fingerprint density at radius 1 is 0.878 bits per heavy atom. The summed E-state index contributed by atoms with van der Waals surface area (Å²) >= 11 is 0. The van der Waals surface area contributed by atoms with Crippen molar-refractivity contribution in [1.82, 2.24) is 55.9 Å². The number of primary amides is 1. The molecule has 428 valence electrons. The molecule has 3 aliphatic rings. The van der Waals surface area contributed by atoms with Crippen LogP contribution in [-0.2, 0) is 32.8 Å². The first-order valence-corrected chi connectivity index (χ1v) is 29.2. The summed E-state index contributed by atoms with van der Waals surface area (Å²) in [6.07, 6.45) is 10.0. The van der Waals surface area contributed by atoms with Crippen molar-refractivity contribution in [2.24, 2.45) is 12.8 Å². The first kappa shape index (κ1) is 58.1. The number of carbonyl (C=O) groups excluding carboxylic acids is 7. The van der Waals surface area contributed by atoms with Gasteiger partial charge in [0.25, 0.3) is 17.7 Å². The quantitative estimate of drug-likeness (QED) is 0.0202. The molecule has 25 heteroatoms. The number of anilines is 5. The largest absolute Gasteiger partial charge is 0.494 e. The van der Waals surface area contributed by atoms with Crippen molar-refractivity contribution < 1.29 is 38.3 Å². The number of carbonyl (C=O) groups is 7. The number of amides is 7. The van der Waals surface area contributed by atoms with Crippen LogP contribution in [0.1, 0.15) is 108 Å². The van der Waals surface area contributed by atoms with E-state index in [2.05, 4.69) is 75.7 Å². The van der Waals surface area contributed by atoms with Gasteiger partial charge in [-0.05, 0) is 118 Å². The number of hydrogen-bond donors (Lipinski definition) is 7. The molecule has 4 aromatic heterocycles. The summed E-state index contributed by atoms with van der Waals surface area (Å²) in [7, 11) is 6.53. The van der Waals surface area contributed by atoms with E-state index in [9.17, 15) is 33.6 Å². The number of nitrogens with one attached hydrogen (secondary N) is 6. The maximum atomic E-state index is 14.2. The second-order valence-electron chi connectivity index (χ2n) is 20.7. The zero-order chi connectivity index (χ0) is 57.9. The second-order valence-corrected chi connectivity index (χ2v) is 23.6. The number of nitrogens with two attached hydrogens (primary N) is 1. The lowest BCUT2D eigenvalue weighted by Gasteiger charge is -2.35. The van der Waals surface area contributed by atoms with Crippen LogP contribution in [0.15, 0.2) is 103 Å². The molecule has 0 saturated carbocycles. The summed E-state index contributed by atoms with van der Waals surface area (Å²) in [4.78, 5) is 113. The van der Waals surface area contributed by atoms with Crippen LogP contribution in [0.25, 0.3) is 11.4 Å². The molecule has 0 aliphatic carbocycles. The van der Waals surface area contributed by atoms with Gasteiger partial charge in [0.05, 0.1) is 35.2 Å². The molecule has 2 aromatic carbocycles. The monoisotopic (exact) mass is 1150 g/mol. The minimum atomic E-state index is -0.923. The van der Waals surface area contributed by atoms with E-state index in [1.807, 2.05) is 36.4 Å². The van der Waals surface area contributed by atoms with Gasteiger partial charge in [0, 0.05) is 98.3 Å². The molecular formula is C57H65N15O8S2. The molecule has 0 spiro atoms. The molecule has 23 nitrogen and oxygen atoms in total. The number of nitrogens with zero attached hydrogens (tertiary/aromatic N) is 8. The molecule has 2 atom stereocenters. The number of methoxy groups -OCH3 is 1. The van der Waals surface area contributed by atoms with Gasteiger partial charge in [-0.1, -0.05) is 29.0 Å². The van der Waals surface area contributed by atoms with Crippen LogP contribution in [-0.4, -0.2) is 126 Å². The van der Waals surface area contributed by atoms with Crippen molar-refractivity contribution in [3.05, 3.63) is 120 Å². The summed E-state index contributed by atoms with van der Waals surface area (Å²) in [5, 5.41) is 23.2. The van der Waals surface area contributed by atoms with Crippen LogP contribution in [0, 0.1) is 0 Å². The smallest absolute Gasteiger partial charge is 0.255 e. The van der Waals surface area contributed by atoms with Gasteiger partial charge in [-0.3, -0.25) is 43.6 Å². The van der Waals surface area contributed by atoms with Gasteiger partial charge in [-0.15, -0.1) is 0 Å². The number of rotatable bonds is 24. The van der Waals surface area contributed by atoms with Crippen LogP contribution in [0.2, 0.25) is 0 Å². The normalized spacial score (nSPS) is 15.8. The van der Waals surface area contributed by atoms with E-state index < -0.39 is 29.8 Å². The zero-order valence-electron chi connectivity index (χ0n) is 45.9. The highest BCUT2D eigenvalue weighted by molar-refractivity contribution is 8.77. The zero-order valence-corrected chi connectivity index (χ0v) is 47.5. The number of aryl methyl sites for hydroxylation is 1. The molecule has 2 unspecified atom stereocenters. The molecule has 0 bridgehead atoms. The van der Waals surface area contributed by atoms with E-state index in [1.165, 1.54) is 19.5 Å². The van der Waals surface area contributed by atoms with Crippen molar-refractivity contribution in [1.29, 1.82) is 0 Å². The average Bonchev–Trinajstić information content (AvgIpc) is 3.89. The predicted octanol–water partition coefficient (Wildman–Crippen LogP) is 6.19. The minimum absolute atomic E-state index is 0.0634. The molecule has 2 saturated heterocycles. The number of unbranched alkanes of at least 4 members (excludes halogenated alkanes) is 1. The Labute approximate surface area is 481 Å². The fourth-order valence-electron chi connectivity index (χ4n) is 9.94. The third-order valence-corrected chi connectivity index (χ3v) is 17.6. The van der Waals surface area contributed by atoms with Gasteiger partial charge in [-0.2, -0.15) is 5.10 Å². The van der Waals surface area contributed by atoms with E-state index in [0.717, 1.165) is 16.3 Å². The lowest BCUT2D eigenvalue weighted by atomic mass is 10.0. The number of para-hydroxylation sites is 1. The number of hydrogen-bond acceptors (Lipinski definition) is 18. The van der Waals surface area contributed by atoms with Crippen molar-refractivity contribution >= 4 is 91.6 Å². The fourth-order valence-corrected chi connectivity index (χ4v) is 12.1. The Hall–Kier alpha value is -8.58. The molecule has 3 aliphatic heterocycles. The standard InChI is InChI=1S/C57H65N15O8S2/c1-57(2,82-81-49-16-6-8-26-60-49)24-21-47(73)59-25-7-5-13-41(54(77)64-35-22-27-71(28-23-35)43-15-10-11-36-39(43)32-72(56(36)79)44-18-20-48(74)68-55(44)78)66-53(76)34-17-19-45(61-30-34)67-46-29-42(38(31-62-46)51(58)75)65-40-14-9-12-37(50(40)80-4)52-63-33-70(3)69-52/h6,8-12,14-17,19,26,29-31,33,35,41,44H,5,7,13,18,20-25,27-28,32H2,1-4H3,(H2,58,75)(H,59,73)(H,64,77)(H,66,76)(H,68,74,78)(H2,61,62,65,67). The van der Waals surface area contributed by atoms with Gasteiger partial charge in [0.15, 0.2) is 11.6 Å². The minimum Gasteiger partial charge on any atom is -0.494 e. The summed E-state index contributed by atoms with van der Waals surface area (Å²) < 4.78 is 7.16. The van der Waals surface area contributed by atoms with Crippen LogP contribution in [0.3, 0.4) is 0 Å². The summed E-state index contributed by atoms with van der Waals surface area (Å²) in [5.74, 6) is -1.19. The van der Waals surface area contributed by atoms with Gasteiger partial charge in [-0.25, -0.2) is 19.9 Å². The molecular weight excluding hydrogens is 1090 g/mol. The SMILES string of the molecule is COc1c(Nc2cc(Nc3ccc(C(=O)NC(CCCCNC(=O)CCC(C)(C)SSc4ccccn4)C(=O)NC4CCN(c5cccc6c5CN(C5CCC(=O)NC5=O)C6=O)CC4)cn3)ncc2C(N)=O)cccc1-c1ncn(C)n1. The Bertz CT molecular complexity index is 3340. The highest BCUT2D eigenvalue weighted by atomic mass is 33.1. The lowest BCUT2D eigenvalue weighted by molar-refractivity contribution is -0.137.